The monoisotopic (exact) mass is 338 g/mol. The number of hydrogen-bond donors (Lipinski definition) is 1. The van der Waals surface area contributed by atoms with Crippen molar-refractivity contribution in [3.8, 4) is 22.8 Å². The Kier molecular flexibility index (Phi) is 4.99. The van der Waals surface area contributed by atoms with Crippen molar-refractivity contribution in [1.29, 1.82) is 0 Å². The molecule has 0 spiro atoms. The Labute approximate surface area is 145 Å². The maximum absolute atomic E-state index is 12.3. The number of benzene rings is 2. The predicted molar refractivity (Wildman–Crippen MR) is 94.1 cm³/mol. The fourth-order valence-electron chi connectivity index (χ4n) is 2.27. The molecule has 6 nitrogen and oxygen atoms in total. The number of methoxy groups -OCH3 is 1. The fraction of sp³-hybridized carbons (Fsp3) is 0.158. The lowest BCUT2D eigenvalue weighted by molar-refractivity contribution is 0.101. The molecule has 0 radical (unpaired) electrons. The molecule has 0 unspecified atom stereocenters. The van der Waals surface area contributed by atoms with Crippen molar-refractivity contribution in [2.45, 2.75) is 6.92 Å². The number of carbonyl (C=O) groups is 1. The summed E-state index contributed by atoms with van der Waals surface area (Å²) in [5, 5.41) is 6.60. The minimum Gasteiger partial charge on any atom is -0.497 e. The SMILES string of the molecule is CCOc1ccc(-c2cc(C(=O)Nc3ccc(OC)cc3)no2)cc1. The molecular formula is C19H18N2O4. The van der Waals surface area contributed by atoms with Gasteiger partial charge in [-0.2, -0.15) is 0 Å². The number of carbonyl (C=O) groups excluding carboxylic acids is 1. The number of hydrogen-bond acceptors (Lipinski definition) is 5. The molecule has 1 N–H and O–H groups in total. The van der Waals surface area contributed by atoms with Crippen molar-refractivity contribution in [2.75, 3.05) is 19.0 Å². The van der Waals surface area contributed by atoms with Crippen LogP contribution in [0.15, 0.2) is 59.1 Å². The molecule has 0 bridgehead atoms. The average molecular weight is 338 g/mol. The highest BCUT2D eigenvalue weighted by Crippen LogP contribution is 2.24. The van der Waals surface area contributed by atoms with Crippen LogP contribution in [0.2, 0.25) is 0 Å². The smallest absolute Gasteiger partial charge is 0.277 e. The highest BCUT2D eigenvalue weighted by Gasteiger charge is 2.14. The first-order valence-electron chi connectivity index (χ1n) is 7.85. The van der Waals surface area contributed by atoms with Crippen molar-refractivity contribution in [1.82, 2.24) is 5.16 Å². The van der Waals surface area contributed by atoms with Crippen molar-refractivity contribution in [3.63, 3.8) is 0 Å². The fourth-order valence-corrected chi connectivity index (χ4v) is 2.27. The molecule has 2 aromatic carbocycles. The highest BCUT2D eigenvalue weighted by molar-refractivity contribution is 6.03. The van der Waals surface area contributed by atoms with Gasteiger partial charge in [0.2, 0.25) is 0 Å². The van der Waals surface area contributed by atoms with Crippen molar-refractivity contribution in [2.24, 2.45) is 0 Å². The Morgan fingerprint density at radius 1 is 1.08 bits per heavy atom. The number of ether oxygens (including phenoxy) is 2. The van der Waals surface area contributed by atoms with Crippen LogP contribution in [-0.4, -0.2) is 24.8 Å². The summed E-state index contributed by atoms with van der Waals surface area (Å²) in [4.78, 5) is 12.3. The molecule has 0 atom stereocenters. The molecule has 0 aliphatic heterocycles. The topological polar surface area (TPSA) is 73.6 Å². The average Bonchev–Trinajstić information content (AvgIpc) is 3.13. The van der Waals surface area contributed by atoms with Gasteiger partial charge in [0.15, 0.2) is 11.5 Å². The zero-order chi connectivity index (χ0) is 17.6. The van der Waals surface area contributed by atoms with Crippen LogP contribution in [0, 0.1) is 0 Å². The molecule has 6 heteroatoms. The first-order chi connectivity index (χ1) is 12.2. The van der Waals surface area contributed by atoms with Gasteiger partial charge in [0.25, 0.3) is 5.91 Å². The molecule has 1 heterocycles. The van der Waals surface area contributed by atoms with Crippen molar-refractivity contribution >= 4 is 11.6 Å². The Bertz CT molecular complexity index is 839. The van der Waals surface area contributed by atoms with Crippen LogP contribution in [0.5, 0.6) is 11.5 Å². The second-order valence-corrected chi connectivity index (χ2v) is 5.22. The molecule has 128 valence electrons. The van der Waals surface area contributed by atoms with Crippen LogP contribution < -0.4 is 14.8 Å². The highest BCUT2D eigenvalue weighted by atomic mass is 16.5. The van der Waals surface area contributed by atoms with E-state index in [9.17, 15) is 4.79 Å². The van der Waals surface area contributed by atoms with Gasteiger partial charge >= 0.3 is 0 Å². The van der Waals surface area contributed by atoms with E-state index in [4.69, 9.17) is 14.0 Å². The van der Waals surface area contributed by atoms with Crippen LogP contribution >= 0.6 is 0 Å². The van der Waals surface area contributed by atoms with E-state index >= 15 is 0 Å². The molecule has 25 heavy (non-hydrogen) atoms. The summed E-state index contributed by atoms with van der Waals surface area (Å²) in [7, 11) is 1.59. The van der Waals surface area contributed by atoms with E-state index in [1.165, 1.54) is 0 Å². The number of nitrogens with zero attached hydrogens (tertiary/aromatic N) is 1. The van der Waals surface area contributed by atoms with Gasteiger partial charge in [0.05, 0.1) is 13.7 Å². The first kappa shape index (κ1) is 16.6. The quantitative estimate of drug-likeness (QED) is 0.735. The van der Waals surface area contributed by atoms with E-state index < -0.39 is 0 Å². The van der Waals surface area contributed by atoms with E-state index in [0.717, 1.165) is 17.1 Å². The Balaban J connectivity index is 1.70. The van der Waals surface area contributed by atoms with E-state index in [0.29, 0.717) is 18.1 Å². The standard InChI is InChI=1S/C19H18N2O4/c1-3-24-16-8-4-13(5-9-16)18-12-17(21-25-18)19(22)20-14-6-10-15(23-2)11-7-14/h4-12H,3H2,1-2H3,(H,20,22). The molecule has 3 rings (SSSR count). The van der Waals surface area contributed by atoms with Gasteiger partial charge in [-0.25, -0.2) is 0 Å². The molecule has 3 aromatic rings. The maximum Gasteiger partial charge on any atom is 0.277 e. The summed E-state index contributed by atoms with van der Waals surface area (Å²) in [6, 6.07) is 16.1. The van der Waals surface area contributed by atoms with Crippen LogP contribution in [0.3, 0.4) is 0 Å². The first-order valence-corrected chi connectivity index (χ1v) is 7.85. The van der Waals surface area contributed by atoms with Gasteiger partial charge in [-0.15, -0.1) is 0 Å². The normalized spacial score (nSPS) is 10.3. The van der Waals surface area contributed by atoms with Crippen molar-refractivity contribution in [3.05, 3.63) is 60.3 Å². The van der Waals surface area contributed by atoms with Gasteiger partial charge in [0.1, 0.15) is 11.5 Å². The van der Waals surface area contributed by atoms with E-state index in [1.54, 1.807) is 37.4 Å². The van der Waals surface area contributed by atoms with E-state index in [-0.39, 0.29) is 11.6 Å². The van der Waals surface area contributed by atoms with Crippen LogP contribution in [0.25, 0.3) is 11.3 Å². The van der Waals surface area contributed by atoms with Gasteiger partial charge in [0, 0.05) is 17.3 Å². The molecule has 1 amide bonds. The second-order valence-electron chi connectivity index (χ2n) is 5.22. The predicted octanol–water partition coefficient (Wildman–Crippen LogP) is 4.00. The lowest BCUT2D eigenvalue weighted by Crippen LogP contribution is -2.11. The molecule has 1 aromatic heterocycles. The minimum absolute atomic E-state index is 0.208. The van der Waals surface area contributed by atoms with Gasteiger partial charge in [-0.1, -0.05) is 5.16 Å². The number of anilines is 1. The number of amides is 1. The minimum atomic E-state index is -0.342. The zero-order valence-corrected chi connectivity index (χ0v) is 14.0. The Hall–Kier alpha value is -3.28. The third-order valence-corrected chi connectivity index (χ3v) is 3.54. The number of nitrogens with one attached hydrogen (secondary N) is 1. The van der Waals surface area contributed by atoms with Crippen LogP contribution in [0.4, 0.5) is 5.69 Å². The maximum atomic E-state index is 12.3. The molecular weight excluding hydrogens is 320 g/mol. The third-order valence-electron chi connectivity index (χ3n) is 3.54. The summed E-state index contributed by atoms with van der Waals surface area (Å²) < 4.78 is 15.8. The Morgan fingerprint density at radius 2 is 1.76 bits per heavy atom. The van der Waals surface area contributed by atoms with Crippen molar-refractivity contribution < 1.29 is 18.8 Å². The second kappa shape index (κ2) is 7.53. The zero-order valence-electron chi connectivity index (χ0n) is 14.0. The molecule has 0 aliphatic carbocycles. The summed E-state index contributed by atoms with van der Waals surface area (Å²) in [6.45, 7) is 2.54. The number of aromatic nitrogens is 1. The van der Waals surface area contributed by atoms with E-state index in [2.05, 4.69) is 10.5 Å². The summed E-state index contributed by atoms with van der Waals surface area (Å²) in [5.41, 5.74) is 1.68. The Morgan fingerprint density at radius 3 is 2.40 bits per heavy atom. The summed E-state index contributed by atoms with van der Waals surface area (Å²) in [5.74, 6) is 1.68. The van der Waals surface area contributed by atoms with Gasteiger partial charge in [-0.05, 0) is 55.5 Å². The van der Waals surface area contributed by atoms with E-state index in [1.807, 2.05) is 31.2 Å². The lowest BCUT2D eigenvalue weighted by Gasteiger charge is -2.04. The third kappa shape index (κ3) is 3.98. The van der Waals surface area contributed by atoms with Gasteiger partial charge in [-0.3, -0.25) is 4.79 Å². The van der Waals surface area contributed by atoms with Crippen LogP contribution in [-0.2, 0) is 0 Å². The van der Waals surface area contributed by atoms with Crippen LogP contribution in [0.1, 0.15) is 17.4 Å². The largest absolute Gasteiger partial charge is 0.497 e. The molecule has 0 aliphatic rings. The summed E-state index contributed by atoms with van der Waals surface area (Å²) in [6.07, 6.45) is 0. The lowest BCUT2D eigenvalue weighted by atomic mass is 10.1. The molecule has 0 fully saturated rings. The number of rotatable bonds is 6. The molecule has 0 saturated heterocycles. The van der Waals surface area contributed by atoms with Gasteiger partial charge < -0.3 is 19.3 Å². The molecule has 0 saturated carbocycles. The summed E-state index contributed by atoms with van der Waals surface area (Å²) >= 11 is 0.